The molecule has 0 saturated carbocycles. The fourth-order valence-corrected chi connectivity index (χ4v) is 3.83. The maximum absolute atomic E-state index is 12.8. The molecule has 116 valence electrons. The summed E-state index contributed by atoms with van der Waals surface area (Å²) in [5.74, 6) is 0.362. The highest BCUT2D eigenvalue weighted by molar-refractivity contribution is 5.82. The first-order valence-corrected chi connectivity index (χ1v) is 8.35. The van der Waals surface area contributed by atoms with Crippen molar-refractivity contribution in [3.05, 3.63) is 0 Å². The number of piperidine rings is 2. The largest absolute Gasteiger partial charge is 0.343 e. The molecule has 20 heavy (non-hydrogen) atoms. The Balaban J connectivity index is 2.02. The molecule has 2 aliphatic heterocycles. The molecule has 0 aliphatic carbocycles. The fourth-order valence-electron chi connectivity index (χ4n) is 3.83. The minimum atomic E-state index is -0.171. The SMILES string of the molecule is CCN(CC)C(=O)C1(C)CCCN(C2CCNCC2)C1. The van der Waals surface area contributed by atoms with E-state index in [2.05, 4.69) is 31.0 Å². The third-order valence-corrected chi connectivity index (χ3v) is 5.12. The van der Waals surface area contributed by atoms with Gasteiger partial charge in [0.05, 0.1) is 5.41 Å². The van der Waals surface area contributed by atoms with Crippen LogP contribution in [0.25, 0.3) is 0 Å². The molecule has 0 spiro atoms. The molecule has 2 aliphatic rings. The van der Waals surface area contributed by atoms with Crippen molar-refractivity contribution >= 4 is 5.91 Å². The van der Waals surface area contributed by atoms with E-state index in [-0.39, 0.29) is 5.41 Å². The molecular weight excluding hydrogens is 250 g/mol. The van der Waals surface area contributed by atoms with Gasteiger partial charge in [-0.1, -0.05) is 0 Å². The van der Waals surface area contributed by atoms with Gasteiger partial charge in [-0.15, -0.1) is 0 Å². The molecule has 2 heterocycles. The molecule has 0 bridgehead atoms. The molecule has 2 saturated heterocycles. The number of nitrogens with zero attached hydrogens (tertiary/aromatic N) is 2. The van der Waals surface area contributed by atoms with E-state index in [1.807, 2.05) is 4.90 Å². The predicted octanol–water partition coefficient (Wildman–Crippen LogP) is 1.71. The average molecular weight is 281 g/mol. The molecule has 2 rings (SSSR count). The van der Waals surface area contributed by atoms with E-state index in [1.54, 1.807) is 0 Å². The summed E-state index contributed by atoms with van der Waals surface area (Å²) >= 11 is 0. The van der Waals surface area contributed by atoms with Crippen LogP contribution in [0.5, 0.6) is 0 Å². The second kappa shape index (κ2) is 6.90. The zero-order chi connectivity index (χ0) is 14.6. The van der Waals surface area contributed by atoms with Crippen molar-refractivity contribution in [2.24, 2.45) is 5.41 Å². The second-order valence-electron chi connectivity index (χ2n) is 6.59. The summed E-state index contributed by atoms with van der Waals surface area (Å²) in [5, 5.41) is 3.43. The fraction of sp³-hybridized carbons (Fsp3) is 0.938. The zero-order valence-electron chi connectivity index (χ0n) is 13.5. The summed E-state index contributed by atoms with van der Waals surface area (Å²) in [5.41, 5.74) is -0.171. The average Bonchev–Trinajstić information content (AvgIpc) is 2.49. The number of nitrogens with one attached hydrogen (secondary N) is 1. The van der Waals surface area contributed by atoms with Gasteiger partial charge >= 0.3 is 0 Å². The van der Waals surface area contributed by atoms with Crippen molar-refractivity contribution in [2.75, 3.05) is 39.3 Å². The van der Waals surface area contributed by atoms with Crippen LogP contribution in [-0.4, -0.2) is 61.0 Å². The summed E-state index contributed by atoms with van der Waals surface area (Å²) in [7, 11) is 0. The van der Waals surface area contributed by atoms with E-state index in [4.69, 9.17) is 0 Å². The van der Waals surface area contributed by atoms with Gasteiger partial charge in [-0.2, -0.15) is 0 Å². The quantitative estimate of drug-likeness (QED) is 0.852. The van der Waals surface area contributed by atoms with Gasteiger partial charge in [-0.05, 0) is 66.1 Å². The van der Waals surface area contributed by atoms with Gasteiger partial charge in [0.25, 0.3) is 0 Å². The Morgan fingerprint density at radius 1 is 1.30 bits per heavy atom. The first-order valence-electron chi connectivity index (χ1n) is 8.35. The van der Waals surface area contributed by atoms with Gasteiger partial charge < -0.3 is 10.2 Å². The van der Waals surface area contributed by atoms with Crippen LogP contribution in [-0.2, 0) is 4.79 Å². The lowest BCUT2D eigenvalue weighted by atomic mass is 9.79. The Kier molecular flexibility index (Phi) is 5.44. The number of hydrogen-bond donors (Lipinski definition) is 1. The summed E-state index contributed by atoms with van der Waals surface area (Å²) in [4.78, 5) is 17.4. The van der Waals surface area contributed by atoms with Crippen molar-refractivity contribution in [3.63, 3.8) is 0 Å². The Morgan fingerprint density at radius 2 is 1.95 bits per heavy atom. The van der Waals surface area contributed by atoms with Gasteiger partial charge in [0.2, 0.25) is 5.91 Å². The van der Waals surface area contributed by atoms with E-state index in [0.29, 0.717) is 11.9 Å². The van der Waals surface area contributed by atoms with Gasteiger partial charge in [-0.3, -0.25) is 9.69 Å². The highest BCUT2D eigenvalue weighted by atomic mass is 16.2. The van der Waals surface area contributed by atoms with Gasteiger partial charge in [0, 0.05) is 25.7 Å². The van der Waals surface area contributed by atoms with E-state index >= 15 is 0 Å². The van der Waals surface area contributed by atoms with Crippen molar-refractivity contribution in [2.45, 2.75) is 52.5 Å². The number of hydrogen-bond acceptors (Lipinski definition) is 3. The molecule has 1 amide bonds. The Labute approximate surface area is 123 Å². The molecule has 4 heteroatoms. The van der Waals surface area contributed by atoms with Crippen LogP contribution in [0.2, 0.25) is 0 Å². The lowest BCUT2D eigenvalue weighted by Gasteiger charge is -2.45. The minimum Gasteiger partial charge on any atom is -0.343 e. The number of carbonyl (C=O) groups excluding carboxylic acids is 1. The summed E-state index contributed by atoms with van der Waals surface area (Å²) in [6, 6.07) is 0.681. The van der Waals surface area contributed by atoms with Gasteiger partial charge in [0.15, 0.2) is 0 Å². The minimum absolute atomic E-state index is 0.171. The lowest BCUT2D eigenvalue weighted by Crippen LogP contribution is -2.55. The molecule has 0 radical (unpaired) electrons. The van der Waals surface area contributed by atoms with Gasteiger partial charge in [0.1, 0.15) is 0 Å². The molecule has 4 nitrogen and oxygen atoms in total. The molecule has 0 aromatic carbocycles. The van der Waals surface area contributed by atoms with Crippen LogP contribution in [0.4, 0.5) is 0 Å². The lowest BCUT2D eigenvalue weighted by molar-refractivity contribution is -0.144. The zero-order valence-corrected chi connectivity index (χ0v) is 13.5. The van der Waals surface area contributed by atoms with E-state index in [1.165, 1.54) is 19.4 Å². The molecule has 0 aromatic rings. The van der Waals surface area contributed by atoms with Gasteiger partial charge in [-0.25, -0.2) is 0 Å². The molecule has 0 aromatic heterocycles. The third-order valence-electron chi connectivity index (χ3n) is 5.12. The van der Waals surface area contributed by atoms with Crippen LogP contribution in [0, 0.1) is 5.41 Å². The maximum Gasteiger partial charge on any atom is 0.229 e. The smallest absolute Gasteiger partial charge is 0.229 e. The van der Waals surface area contributed by atoms with Crippen LogP contribution in [0.1, 0.15) is 46.5 Å². The Hall–Kier alpha value is -0.610. The number of amides is 1. The first kappa shape index (κ1) is 15.8. The highest BCUT2D eigenvalue weighted by Crippen LogP contribution is 2.33. The first-order chi connectivity index (χ1) is 9.60. The monoisotopic (exact) mass is 281 g/mol. The Bertz CT molecular complexity index is 324. The van der Waals surface area contributed by atoms with Crippen molar-refractivity contribution in [1.29, 1.82) is 0 Å². The summed E-state index contributed by atoms with van der Waals surface area (Å²) < 4.78 is 0. The molecule has 2 fully saturated rings. The van der Waals surface area contributed by atoms with Crippen molar-refractivity contribution in [1.82, 2.24) is 15.1 Å². The van der Waals surface area contributed by atoms with Crippen molar-refractivity contribution < 1.29 is 4.79 Å². The number of carbonyl (C=O) groups is 1. The van der Waals surface area contributed by atoms with Crippen LogP contribution >= 0.6 is 0 Å². The number of likely N-dealkylation sites (tertiary alicyclic amines) is 1. The van der Waals surface area contributed by atoms with Crippen LogP contribution < -0.4 is 5.32 Å². The topological polar surface area (TPSA) is 35.6 Å². The predicted molar refractivity (Wildman–Crippen MR) is 82.7 cm³/mol. The van der Waals surface area contributed by atoms with E-state index < -0.39 is 0 Å². The molecular formula is C16H31N3O. The Morgan fingerprint density at radius 3 is 2.55 bits per heavy atom. The van der Waals surface area contributed by atoms with Crippen LogP contribution in [0.15, 0.2) is 0 Å². The number of rotatable bonds is 4. The summed E-state index contributed by atoms with van der Waals surface area (Å²) in [6.45, 7) is 12.4. The summed E-state index contributed by atoms with van der Waals surface area (Å²) in [6.07, 6.45) is 4.67. The highest BCUT2D eigenvalue weighted by Gasteiger charge is 2.41. The van der Waals surface area contributed by atoms with E-state index in [9.17, 15) is 4.79 Å². The second-order valence-corrected chi connectivity index (χ2v) is 6.59. The third kappa shape index (κ3) is 3.34. The van der Waals surface area contributed by atoms with Crippen LogP contribution in [0.3, 0.4) is 0 Å². The molecule has 1 unspecified atom stereocenters. The maximum atomic E-state index is 12.8. The van der Waals surface area contributed by atoms with Crippen molar-refractivity contribution in [3.8, 4) is 0 Å². The van der Waals surface area contributed by atoms with E-state index in [0.717, 1.165) is 45.6 Å². The molecule has 1 atom stereocenters. The normalized spacial score (nSPS) is 29.4. The standard InChI is InChI=1S/C16H31N3O/c1-4-18(5-2)15(20)16(3)9-6-12-19(13-16)14-7-10-17-11-8-14/h14,17H,4-13H2,1-3H3. The molecule has 1 N–H and O–H groups in total.